The molecule has 1 N–H and O–H groups in total. The van der Waals surface area contributed by atoms with Crippen LogP contribution in [-0.2, 0) is 13.0 Å². The van der Waals surface area contributed by atoms with Gasteiger partial charge >= 0.3 is 0 Å². The summed E-state index contributed by atoms with van der Waals surface area (Å²) in [6.07, 6.45) is 3.95. The van der Waals surface area contributed by atoms with E-state index < -0.39 is 0 Å². The van der Waals surface area contributed by atoms with Crippen LogP contribution in [0.1, 0.15) is 16.8 Å². The van der Waals surface area contributed by atoms with Crippen LogP contribution in [0.2, 0.25) is 0 Å². The van der Waals surface area contributed by atoms with Crippen LogP contribution in [0.5, 0.6) is 5.75 Å². The van der Waals surface area contributed by atoms with E-state index in [1.165, 1.54) is 6.07 Å². The number of halogens is 1. The second-order valence-corrected chi connectivity index (χ2v) is 7.28. The van der Waals surface area contributed by atoms with Gasteiger partial charge in [0.25, 0.3) is 0 Å². The van der Waals surface area contributed by atoms with Crippen LogP contribution >= 0.6 is 0 Å². The predicted octanol–water partition coefficient (Wildman–Crippen LogP) is 2.22. The molecule has 10 nitrogen and oxygen atoms in total. The third-order valence-electron chi connectivity index (χ3n) is 5.52. The molecule has 1 aliphatic rings. The Kier molecular flexibility index (Phi) is 3.82. The molecule has 5 heterocycles. The molecule has 0 atom stereocenters. The number of aryl methyl sites for hydroxylation is 1. The molecule has 0 fully saturated rings. The molecule has 0 saturated heterocycles. The first-order chi connectivity index (χ1) is 15.2. The largest absolute Gasteiger partial charge is 0.493 e. The Morgan fingerprint density at radius 3 is 3.00 bits per heavy atom. The second kappa shape index (κ2) is 6.69. The van der Waals surface area contributed by atoms with Crippen molar-refractivity contribution in [1.29, 1.82) is 0 Å². The van der Waals surface area contributed by atoms with Gasteiger partial charge < -0.3 is 10.1 Å². The Morgan fingerprint density at radius 2 is 2.06 bits per heavy atom. The molecule has 154 valence electrons. The minimum absolute atomic E-state index is 0.265. The Morgan fingerprint density at radius 1 is 1.13 bits per heavy atom. The van der Waals surface area contributed by atoms with E-state index >= 15 is 0 Å². The van der Waals surface area contributed by atoms with E-state index in [2.05, 4.69) is 36.0 Å². The molecule has 0 unspecified atom stereocenters. The predicted molar refractivity (Wildman–Crippen MR) is 108 cm³/mol. The molecule has 1 aromatic carbocycles. The van der Waals surface area contributed by atoms with Gasteiger partial charge in [-0.25, -0.2) is 9.37 Å². The molecule has 4 aromatic heterocycles. The van der Waals surface area contributed by atoms with Gasteiger partial charge in [0.15, 0.2) is 11.3 Å². The summed E-state index contributed by atoms with van der Waals surface area (Å²) in [6.45, 7) is 2.76. The highest BCUT2D eigenvalue weighted by Gasteiger charge is 2.20. The maximum Gasteiger partial charge on any atom is 0.210 e. The Hall–Kier alpha value is -4.15. The summed E-state index contributed by atoms with van der Waals surface area (Å²) < 4.78 is 23.4. The number of nitrogens with one attached hydrogen (secondary N) is 1. The number of tetrazole rings is 1. The average molecular weight is 417 g/mol. The van der Waals surface area contributed by atoms with E-state index in [1.807, 2.05) is 19.1 Å². The molecule has 6 rings (SSSR count). The Labute approximate surface area is 174 Å². The van der Waals surface area contributed by atoms with Crippen LogP contribution < -0.4 is 10.1 Å². The second-order valence-electron chi connectivity index (χ2n) is 7.28. The van der Waals surface area contributed by atoms with Crippen molar-refractivity contribution in [3.63, 3.8) is 0 Å². The molecule has 31 heavy (non-hydrogen) atoms. The number of pyridine rings is 1. The monoisotopic (exact) mass is 417 g/mol. The van der Waals surface area contributed by atoms with Crippen molar-refractivity contribution in [2.45, 2.75) is 19.9 Å². The molecular weight excluding hydrogens is 401 g/mol. The van der Waals surface area contributed by atoms with Crippen molar-refractivity contribution in [1.82, 2.24) is 39.6 Å². The number of anilines is 1. The quantitative estimate of drug-likeness (QED) is 0.474. The third-order valence-corrected chi connectivity index (χ3v) is 5.52. The standard InChI is InChI=1S/C20H16FN9O/c1-11-2-3-13(19-26-27-28-30(11)19)15-9-23-20(29-10-24-25-18(15)29)22-8-14-12-6-7-31-17(12)5-4-16(14)21/h2-5,9-10H,6-8H2,1H3,(H,22,23). The molecule has 0 bridgehead atoms. The van der Waals surface area contributed by atoms with Crippen LogP contribution in [0.15, 0.2) is 36.8 Å². The van der Waals surface area contributed by atoms with Crippen LogP contribution in [0, 0.1) is 12.7 Å². The molecule has 11 heteroatoms. The van der Waals surface area contributed by atoms with Gasteiger partial charge in [-0.05, 0) is 41.6 Å². The number of rotatable bonds is 4. The van der Waals surface area contributed by atoms with Crippen LogP contribution in [0.4, 0.5) is 10.3 Å². The van der Waals surface area contributed by atoms with Gasteiger partial charge in [-0.3, -0.25) is 4.40 Å². The van der Waals surface area contributed by atoms with Crippen LogP contribution in [0.3, 0.4) is 0 Å². The smallest absolute Gasteiger partial charge is 0.210 e. The zero-order valence-electron chi connectivity index (χ0n) is 16.4. The first-order valence-corrected chi connectivity index (χ1v) is 9.74. The number of fused-ring (bicyclic) bond motifs is 3. The van der Waals surface area contributed by atoms with Gasteiger partial charge in [0.05, 0.1) is 6.61 Å². The SMILES string of the molecule is Cc1ccc(-c2cnc(NCc3c(F)ccc4c3CCO4)n3cnnc23)c2nnnn12. The minimum Gasteiger partial charge on any atom is -0.493 e. The maximum atomic E-state index is 14.5. The zero-order valence-corrected chi connectivity index (χ0v) is 16.4. The number of benzene rings is 1. The van der Waals surface area contributed by atoms with Gasteiger partial charge in [-0.1, -0.05) is 0 Å². The lowest BCUT2D eigenvalue weighted by Crippen LogP contribution is -2.10. The molecule has 0 spiro atoms. The number of nitrogens with zero attached hydrogens (tertiary/aromatic N) is 8. The number of hydrogen-bond acceptors (Lipinski definition) is 8. The summed E-state index contributed by atoms with van der Waals surface area (Å²) in [4.78, 5) is 4.55. The Bertz CT molecular complexity index is 1460. The summed E-state index contributed by atoms with van der Waals surface area (Å²) in [6, 6.07) is 6.97. The fourth-order valence-electron chi connectivity index (χ4n) is 3.97. The van der Waals surface area contributed by atoms with E-state index in [0.717, 1.165) is 28.1 Å². The molecule has 0 amide bonds. The van der Waals surface area contributed by atoms with Crippen molar-refractivity contribution >= 4 is 17.2 Å². The van der Waals surface area contributed by atoms with Crippen molar-refractivity contribution in [2.75, 3.05) is 11.9 Å². The first-order valence-electron chi connectivity index (χ1n) is 9.74. The maximum absolute atomic E-state index is 14.5. The van der Waals surface area contributed by atoms with Gasteiger partial charge in [-0.2, -0.15) is 4.52 Å². The molecule has 1 aliphatic heterocycles. The Balaban J connectivity index is 1.40. The van der Waals surface area contributed by atoms with Crippen molar-refractivity contribution in [3.8, 4) is 16.9 Å². The summed E-state index contributed by atoms with van der Waals surface area (Å²) in [5.41, 5.74) is 5.11. The number of ether oxygens (including phenoxy) is 1. The fourth-order valence-corrected chi connectivity index (χ4v) is 3.97. The summed E-state index contributed by atoms with van der Waals surface area (Å²) in [7, 11) is 0. The van der Waals surface area contributed by atoms with E-state index in [1.54, 1.807) is 27.5 Å². The van der Waals surface area contributed by atoms with Crippen molar-refractivity contribution in [2.24, 2.45) is 0 Å². The van der Waals surface area contributed by atoms with Crippen molar-refractivity contribution in [3.05, 3.63) is 59.4 Å². The highest BCUT2D eigenvalue weighted by atomic mass is 19.1. The molecule has 0 radical (unpaired) electrons. The van der Waals surface area contributed by atoms with E-state index in [-0.39, 0.29) is 12.4 Å². The van der Waals surface area contributed by atoms with Gasteiger partial charge in [0, 0.05) is 47.1 Å². The summed E-state index contributed by atoms with van der Waals surface area (Å²) >= 11 is 0. The molecule has 0 aliphatic carbocycles. The lowest BCUT2D eigenvalue weighted by atomic mass is 10.0. The zero-order chi connectivity index (χ0) is 20.9. The van der Waals surface area contributed by atoms with Crippen molar-refractivity contribution < 1.29 is 9.13 Å². The van der Waals surface area contributed by atoms with E-state index in [0.29, 0.717) is 35.8 Å². The lowest BCUT2D eigenvalue weighted by Gasteiger charge is -2.13. The highest BCUT2D eigenvalue weighted by Crippen LogP contribution is 2.31. The van der Waals surface area contributed by atoms with Gasteiger partial charge in [-0.15, -0.1) is 15.3 Å². The normalized spacial score (nSPS) is 13.0. The number of aromatic nitrogens is 8. The first kappa shape index (κ1) is 17.7. The lowest BCUT2D eigenvalue weighted by molar-refractivity contribution is 0.356. The van der Waals surface area contributed by atoms with E-state index in [9.17, 15) is 4.39 Å². The summed E-state index contributed by atoms with van der Waals surface area (Å²) in [5.74, 6) is 0.971. The van der Waals surface area contributed by atoms with Gasteiger partial charge in [0.1, 0.15) is 17.9 Å². The van der Waals surface area contributed by atoms with Gasteiger partial charge in [0.2, 0.25) is 5.95 Å². The molecular formula is C20H16FN9O. The topological polar surface area (TPSA) is 107 Å². The van der Waals surface area contributed by atoms with E-state index in [4.69, 9.17) is 4.74 Å². The average Bonchev–Trinajstić information content (AvgIpc) is 3.53. The fraction of sp³-hybridized carbons (Fsp3) is 0.200. The molecule has 5 aromatic rings. The summed E-state index contributed by atoms with van der Waals surface area (Å²) in [5, 5.41) is 23.5. The third kappa shape index (κ3) is 2.70. The highest BCUT2D eigenvalue weighted by molar-refractivity contribution is 5.85. The minimum atomic E-state index is -0.269. The molecule has 0 saturated carbocycles. The van der Waals surface area contributed by atoms with Crippen LogP contribution in [0.25, 0.3) is 22.4 Å². The van der Waals surface area contributed by atoms with Crippen LogP contribution in [-0.4, -0.2) is 46.2 Å². The number of hydrogen-bond donors (Lipinski definition) is 1.